The van der Waals surface area contributed by atoms with E-state index in [0.717, 1.165) is 17.7 Å². The number of amides is 2. The first-order valence-electron chi connectivity index (χ1n) is 9.61. The van der Waals surface area contributed by atoms with Crippen molar-refractivity contribution in [2.75, 3.05) is 19.6 Å². The highest BCUT2D eigenvalue weighted by Crippen LogP contribution is 2.28. The molecule has 0 unspecified atom stereocenters. The zero-order chi connectivity index (χ0) is 19.9. The van der Waals surface area contributed by atoms with Crippen LogP contribution in [0.4, 0.5) is 4.39 Å². The molecule has 1 aromatic carbocycles. The Kier molecular flexibility index (Phi) is 7.17. The number of carbonyl (C=O) groups excluding carboxylic acids is 2. The van der Waals surface area contributed by atoms with Crippen LogP contribution < -0.4 is 5.32 Å². The molecule has 0 aliphatic heterocycles. The van der Waals surface area contributed by atoms with Crippen LogP contribution in [0, 0.1) is 5.82 Å². The van der Waals surface area contributed by atoms with Crippen LogP contribution in [0.15, 0.2) is 41.8 Å². The van der Waals surface area contributed by atoms with E-state index >= 15 is 0 Å². The predicted octanol–water partition coefficient (Wildman–Crippen LogP) is 3.02. The second-order valence-electron chi connectivity index (χ2n) is 6.99. The molecule has 0 bridgehead atoms. The van der Waals surface area contributed by atoms with Crippen LogP contribution in [0.25, 0.3) is 0 Å². The van der Waals surface area contributed by atoms with Gasteiger partial charge in [0.1, 0.15) is 5.82 Å². The standard InChI is InChI=1S/C21H26FN3O2S/c1-2-24(14-20(26)23-12-18-7-5-11-28-18)21(27)15-25(17-9-10-17)13-16-6-3-4-8-19(16)22/h3-8,11,17H,2,9-10,12-15H2,1H3,(H,23,26). The molecule has 1 aliphatic rings. The molecule has 5 nitrogen and oxygen atoms in total. The van der Waals surface area contributed by atoms with Crippen LogP contribution in [0.5, 0.6) is 0 Å². The lowest BCUT2D eigenvalue weighted by Crippen LogP contribution is -2.45. The SMILES string of the molecule is CCN(CC(=O)NCc1cccs1)C(=O)CN(Cc1ccccc1F)C1CC1. The second kappa shape index (κ2) is 9.80. The predicted molar refractivity (Wildman–Crippen MR) is 108 cm³/mol. The average Bonchev–Trinajstić information content (AvgIpc) is 3.41. The summed E-state index contributed by atoms with van der Waals surface area (Å²) in [7, 11) is 0. The number of nitrogens with one attached hydrogen (secondary N) is 1. The zero-order valence-corrected chi connectivity index (χ0v) is 16.9. The van der Waals surface area contributed by atoms with Gasteiger partial charge in [0.15, 0.2) is 0 Å². The lowest BCUT2D eigenvalue weighted by Gasteiger charge is -2.26. The third-order valence-corrected chi connectivity index (χ3v) is 5.72. The quantitative estimate of drug-likeness (QED) is 0.664. The Balaban J connectivity index is 1.53. The number of benzene rings is 1. The number of thiophene rings is 1. The van der Waals surface area contributed by atoms with Gasteiger partial charge >= 0.3 is 0 Å². The maximum Gasteiger partial charge on any atom is 0.239 e. The van der Waals surface area contributed by atoms with Crippen LogP contribution in [-0.4, -0.2) is 47.3 Å². The van der Waals surface area contributed by atoms with Crippen molar-refractivity contribution in [3.8, 4) is 0 Å². The topological polar surface area (TPSA) is 52.7 Å². The summed E-state index contributed by atoms with van der Waals surface area (Å²) >= 11 is 1.58. The number of carbonyl (C=O) groups is 2. The fourth-order valence-electron chi connectivity index (χ4n) is 3.08. The molecule has 1 aromatic heterocycles. The van der Waals surface area contributed by atoms with Gasteiger partial charge in [0, 0.05) is 29.6 Å². The molecule has 1 aliphatic carbocycles. The smallest absolute Gasteiger partial charge is 0.239 e. The van der Waals surface area contributed by atoms with Gasteiger partial charge in [-0.2, -0.15) is 0 Å². The Morgan fingerprint density at radius 1 is 1.18 bits per heavy atom. The van der Waals surface area contributed by atoms with Gasteiger partial charge in [0.2, 0.25) is 11.8 Å². The largest absolute Gasteiger partial charge is 0.350 e. The summed E-state index contributed by atoms with van der Waals surface area (Å²) < 4.78 is 14.0. The fraction of sp³-hybridized carbons (Fsp3) is 0.429. The van der Waals surface area contributed by atoms with E-state index in [4.69, 9.17) is 0 Å². The number of hydrogen-bond acceptors (Lipinski definition) is 4. The van der Waals surface area contributed by atoms with Crippen LogP contribution in [0.3, 0.4) is 0 Å². The Hall–Kier alpha value is -2.25. The molecule has 0 spiro atoms. The third-order valence-electron chi connectivity index (χ3n) is 4.84. The fourth-order valence-corrected chi connectivity index (χ4v) is 3.72. The van der Waals surface area contributed by atoms with Crippen LogP contribution in [0.2, 0.25) is 0 Å². The summed E-state index contributed by atoms with van der Waals surface area (Å²) in [4.78, 5) is 29.6. The normalized spacial score (nSPS) is 13.5. The van der Waals surface area contributed by atoms with Gasteiger partial charge in [-0.25, -0.2) is 4.39 Å². The second-order valence-corrected chi connectivity index (χ2v) is 8.02. The molecule has 1 saturated carbocycles. The summed E-state index contributed by atoms with van der Waals surface area (Å²) in [5.74, 6) is -0.520. The Morgan fingerprint density at radius 3 is 2.61 bits per heavy atom. The highest BCUT2D eigenvalue weighted by Gasteiger charge is 2.32. The third kappa shape index (κ3) is 5.87. The first-order chi connectivity index (χ1) is 13.6. The number of hydrogen-bond donors (Lipinski definition) is 1. The summed E-state index contributed by atoms with van der Waals surface area (Å²) in [6.45, 7) is 3.45. The molecule has 1 N–H and O–H groups in total. The van der Waals surface area contributed by atoms with Crippen molar-refractivity contribution in [2.24, 2.45) is 0 Å². The number of likely N-dealkylation sites (N-methyl/N-ethyl adjacent to an activating group) is 1. The molecular weight excluding hydrogens is 377 g/mol. The van der Waals surface area contributed by atoms with E-state index < -0.39 is 0 Å². The summed E-state index contributed by atoms with van der Waals surface area (Å²) in [6, 6.07) is 10.9. The van der Waals surface area contributed by atoms with Gasteiger partial charge < -0.3 is 10.2 Å². The molecule has 150 valence electrons. The molecule has 7 heteroatoms. The summed E-state index contributed by atoms with van der Waals surface area (Å²) in [5.41, 5.74) is 0.596. The van der Waals surface area contributed by atoms with Gasteiger partial charge in [-0.05, 0) is 37.3 Å². The van der Waals surface area contributed by atoms with E-state index in [0.29, 0.717) is 31.2 Å². The minimum Gasteiger partial charge on any atom is -0.350 e. The Morgan fingerprint density at radius 2 is 1.96 bits per heavy atom. The monoisotopic (exact) mass is 403 g/mol. The molecular formula is C21H26FN3O2S. The Labute approximate surface area is 169 Å². The molecule has 2 amide bonds. The molecule has 2 aromatic rings. The van der Waals surface area contributed by atoms with E-state index in [1.807, 2.05) is 35.4 Å². The lowest BCUT2D eigenvalue weighted by molar-refractivity contribution is -0.137. The van der Waals surface area contributed by atoms with Gasteiger partial charge in [-0.15, -0.1) is 11.3 Å². The zero-order valence-electron chi connectivity index (χ0n) is 16.1. The molecule has 1 fully saturated rings. The molecule has 0 atom stereocenters. The summed E-state index contributed by atoms with van der Waals surface area (Å²) in [6.07, 6.45) is 2.05. The van der Waals surface area contributed by atoms with E-state index in [-0.39, 0.29) is 30.7 Å². The van der Waals surface area contributed by atoms with Crippen LogP contribution in [0.1, 0.15) is 30.2 Å². The van der Waals surface area contributed by atoms with Gasteiger partial charge in [-0.1, -0.05) is 24.3 Å². The maximum atomic E-state index is 14.0. The first-order valence-corrected chi connectivity index (χ1v) is 10.5. The first kappa shape index (κ1) is 20.5. The molecule has 0 saturated heterocycles. The molecule has 1 heterocycles. The minimum atomic E-state index is -0.249. The molecule has 28 heavy (non-hydrogen) atoms. The minimum absolute atomic E-state index is 0.0406. The van der Waals surface area contributed by atoms with Crippen molar-refractivity contribution < 1.29 is 14.0 Å². The van der Waals surface area contributed by atoms with Gasteiger partial charge in [-0.3, -0.25) is 14.5 Å². The van der Waals surface area contributed by atoms with Crippen molar-refractivity contribution >= 4 is 23.2 Å². The van der Waals surface area contributed by atoms with Crippen molar-refractivity contribution in [3.05, 3.63) is 58.0 Å². The summed E-state index contributed by atoms with van der Waals surface area (Å²) in [5, 5.41) is 4.82. The van der Waals surface area contributed by atoms with Crippen LogP contribution in [-0.2, 0) is 22.7 Å². The van der Waals surface area contributed by atoms with Crippen molar-refractivity contribution in [2.45, 2.75) is 38.9 Å². The maximum absolute atomic E-state index is 14.0. The average molecular weight is 404 g/mol. The van der Waals surface area contributed by atoms with Gasteiger partial charge in [0.25, 0.3) is 0 Å². The van der Waals surface area contributed by atoms with Crippen molar-refractivity contribution in [1.29, 1.82) is 0 Å². The highest BCUT2D eigenvalue weighted by atomic mass is 32.1. The van der Waals surface area contributed by atoms with Crippen molar-refractivity contribution in [1.82, 2.24) is 15.1 Å². The number of rotatable bonds is 10. The molecule has 0 radical (unpaired) electrons. The van der Waals surface area contributed by atoms with Gasteiger partial charge in [0.05, 0.1) is 19.6 Å². The van der Waals surface area contributed by atoms with E-state index in [1.165, 1.54) is 6.07 Å². The lowest BCUT2D eigenvalue weighted by atomic mass is 10.2. The Bertz CT molecular complexity index is 793. The molecule has 3 rings (SSSR count). The number of halogens is 1. The van der Waals surface area contributed by atoms with E-state index in [9.17, 15) is 14.0 Å². The van der Waals surface area contributed by atoms with Crippen LogP contribution >= 0.6 is 11.3 Å². The highest BCUT2D eigenvalue weighted by molar-refractivity contribution is 7.09. The van der Waals surface area contributed by atoms with Crippen molar-refractivity contribution in [3.63, 3.8) is 0 Å². The van der Waals surface area contributed by atoms with E-state index in [2.05, 4.69) is 5.32 Å². The van der Waals surface area contributed by atoms with E-state index in [1.54, 1.807) is 28.4 Å². The number of nitrogens with zero attached hydrogens (tertiary/aromatic N) is 2.